The second kappa shape index (κ2) is 6.72. The zero-order valence-corrected chi connectivity index (χ0v) is 11.6. The molecule has 0 unspecified atom stereocenters. The molecule has 0 aromatic heterocycles. The zero-order valence-electron chi connectivity index (χ0n) is 10.8. The van der Waals surface area contributed by atoms with Crippen molar-refractivity contribution in [3.8, 4) is 0 Å². The highest BCUT2D eigenvalue weighted by Crippen LogP contribution is 2.12. The van der Waals surface area contributed by atoms with Gasteiger partial charge in [0.25, 0.3) is 0 Å². The third-order valence-electron chi connectivity index (χ3n) is 2.53. The lowest BCUT2D eigenvalue weighted by molar-refractivity contribution is 0.138. The fourth-order valence-corrected chi connectivity index (χ4v) is 2.65. The van der Waals surface area contributed by atoms with Crippen LogP contribution in [0.4, 0.5) is 5.69 Å². The fraction of sp³-hybridized carbons (Fsp3) is 0.500. The third-order valence-corrected chi connectivity index (χ3v) is 4.36. The summed E-state index contributed by atoms with van der Waals surface area (Å²) in [5.41, 5.74) is 6.89. The maximum absolute atomic E-state index is 12.0. The van der Waals surface area contributed by atoms with Gasteiger partial charge in [-0.1, -0.05) is 12.1 Å². The van der Waals surface area contributed by atoms with Crippen molar-refractivity contribution in [3.05, 3.63) is 29.8 Å². The van der Waals surface area contributed by atoms with Gasteiger partial charge in [-0.25, -0.2) is 12.7 Å². The second-order valence-electron chi connectivity index (χ2n) is 4.02. The first-order valence-corrected chi connectivity index (χ1v) is 7.43. The molecule has 0 spiro atoms. The largest absolute Gasteiger partial charge is 0.399 e. The first-order valence-electron chi connectivity index (χ1n) is 5.82. The maximum Gasteiger partial charge on any atom is 0.218 e. The van der Waals surface area contributed by atoms with Gasteiger partial charge in [0.05, 0.1) is 12.4 Å². The Morgan fingerprint density at radius 3 is 2.72 bits per heavy atom. The molecule has 5 nitrogen and oxygen atoms in total. The molecule has 0 atom stereocenters. The Morgan fingerprint density at radius 1 is 1.39 bits per heavy atom. The SMILES string of the molecule is CCOCCN(C)S(=O)(=O)Cc1cccc(N)c1. The maximum atomic E-state index is 12.0. The van der Waals surface area contributed by atoms with Crippen LogP contribution in [0.2, 0.25) is 0 Å². The summed E-state index contributed by atoms with van der Waals surface area (Å²) in [7, 11) is -1.76. The van der Waals surface area contributed by atoms with Crippen LogP contribution in [-0.4, -0.2) is 39.5 Å². The van der Waals surface area contributed by atoms with E-state index in [2.05, 4.69) is 0 Å². The summed E-state index contributed by atoms with van der Waals surface area (Å²) in [5, 5.41) is 0. The number of likely N-dealkylation sites (N-methyl/N-ethyl adjacent to an activating group) is 1. The summed E-state index contributed by atoms with van der Waals surface area (Å²) in [6.07, 6.45) is 0. The van der Waals surface area contributed by atoms with Gasteiger partial charge in [0, 0.05) is 25.9 Å². The number of nitrogens with zero attached hydrogens (tertiary/aromatic N) is 1. The van der Waals surface area contributed by atoms with Crippen molar-refractivity contribution in [1.29, 1.82) is 0 Å². The standard InChI is InChI=1S/C12H20N2O3S/c1-3-17-8-7-14(2)18(15,16)10-11-5-4-6-12(13)9-11/h4-6,9H,3,7-8,10,13H2,1-2H3. The topological polar surface area (TPSA) is 72.6 Å². The summed E-state index contributed by atoms with van der Waals surface area (Å²) in [6, 6.07) is 6.91. The Hall–Kier alpha value is -1.11. The molecule has 0 aliphatic carbocycles. The van der Waals surface area contributed by atoms with Crippen molar-refractivity contribution in [2.45, 2.75) is 12.7 Å². The van der Waals surface area contributed by atoms with Crippen molar-refractivity contribution < 1.29 is 13.2 Å². The van der Waals surface area contributed by atoms with E-state index >= 15 is 0 Å². The molecular weight excluding hydrogens is 252 g/mol. The van der Waals surface area contributed by atoms with Crippen LogP contribution in [0.3, 0.4) is 0 Å². The smallest absolute Gasteiger partial charge is 0.218 e. The minimum atomic E-state index is -3.31. The Balaban J connectivity index is 2.64. The molecule has 1 rings (SSSR count). The Kier molecular flexibility index (Phi) is 5.58. The highest BCUT2D eigenvalue weighted by molar-refractivity contribution is 7.88. The molecule has 0 aliphatic heterocycles. The molecule has 18 heavy (non-hydrogen) atoms. The Morgan fingerprint density at radius 2 is 2.11 bits per heavy atom. The lowest BCUT2D eigenvalue weighted by Gasteiger charge is -2.17. The number of hydrogen-bond acceptors (Lipinski definition) is 4. The van der Waals surface area contributed by atoms with E-state index in [1.54, 1.807) is 31.3 Å². The predicted molar refractivity (Wildman–Crippen MR) is 72.6 cm³/mol. The van der Waals surface area contributed by atoms with E-state index < -0.39 is 10.0 Å². The molecule has 0 aliphatic rings. The number of benzene rings is 1. The Bertz CT molecular complexity index is 474. The summed E-state index contributed by atoms with van der Waals surface area (Å²) in [4.78, 5) is 0. The van der Waals surface area contributed by atoms with E-state index in [4.69, 9.17) is 10.5 Å². The van der Waals surface area contributed by atoms with Gasteiger partial charge < -0.3 is 10.5 Å². The molecule has 0 radical (unpaired) electrons. The highest BCUT2D eigenvalue weighted by atomic mass is 32.2. The number of sulfonamides is 1. The van der Waals surface area contributed by atoms with Gasteiger partial charge >= 0.3 is 0 Å². The van der Waals surface area contributed by atoms with Crippen LogP contribution in [-0.2, 0) is 20.5 Å². The van der Waals surface area contributed by atoms with E-state index in [-0.39, 0.29) is 5.75 Å². The van der Waals surface area contributed by atoms with Gasteiger partial charge in [0.1, 0.15) is 0 Å². The van der Waals surface area contributed by atoms with Crippen LogP contribution in [0, 0.1) is 0 Å². The number of ether oxygens (including phenoxy) is 1. The minimum absolute atomic E-state index is 0.0410. The molecule has 1 aromatic rings. The van der Waals surface area contributed by atoms with Gasteiger partial charge in [-0.2, -0.15) is 0 Å². The molecule has 2 N–H and O–H groups in total. The first-order chi connectivity index (χ1) is 8.45. The summed E-state index contributed by atoms with van der Waals surface area (Å²) in [6.45, 7) is 3.23. The number of nitrogens with two attached hydrogens (primary N) is 1. The average Bonchev–Trinajstić information content (AvgIpc) is 2.28. The van der Waals surface area contributed by atoms with E-state index in [1.807, 2.05) is 6.92 Å². The van der Waals surface area contributed by atoms with Crippen molar-refractivity contribution in [2.75, 3.05) is 32.5 Å². The molecule has 0 heterocycles. The monoisotopic (exact) mass is 272 g/mol. The normalized spacial score (nSPS) is 11.9. The van der Waals surface area contributed by atoms with Crippen LogP contribution < -0.4 is 5.73 Å². The molecular formula is C12H20N2O3S. The van der Waals surface area contributed by atoms with E-state index in [0.717, 1.165) is 0 Å². The Labute approximate surface area is 109 Å². The molecule has 1 aromatic carbocycles. The first kappa shape index (κ1) is 14.9. The zero-order chi connectivity index (χ0) is 13.6. The summed E-state index contributed by atoms with van der Waals surface area (Å²) < 4.78 is 30.5. The molecule has 102 valence electrons. The van der Waals surface area contributed by atoms with Gasteiger partial charge in [0.2, 0.25) is 10.0 Å². The quantitative estimate of drug-likeness (QED) is 0.595. The van der Waals surface area contributed by atoms with E-state index in [1.165, 1.54) is 4.31 Å². The van der Waals surface area contributed by atoms with Crippen molar-refractivity contribution in [1.82, 2.24) is 4.31 Å². The van der Waals surface area contributed by atoms with Crippen LogP contribution in [0.1, 0.15) is 12.5 Å². The number of nitrogen functional groups attached to an aromatic ring is 1. The predicted octanol–water partition coefficient (Wildman–Crippen LogP) is 1.07. The van der Waals surface area contributed by atoms with Crippen LogP contribution in [0.25, 0.3) is 0 Å². The minimum Gasteiger partial charge on any atom is -0.399 e. The van der Waals surface area contributed by atoms with Gasteiger partial charge in [-0.05, 0) is 24.6 Å². The van der Waals surface area contributed by atoms with Crippen LogP contribution in [0.5, 0.6) is 0 Å². The van der Waals surface area contributed by atoms with Crippen LogP contribution in [0.15, 0.2) is 24.3 Å². The van der Waals surface area contributed by atoms with Gasteiger partial charge in [-0.3, -0.25) is 0 Å². The number of rotatable bonds is 7. The average molecular weight is 272 g/mol. The fourth-order valence-electron chi connectivity index (χ4n) is 1.48. The molecule has 0 saturated carbocycles. The van der Waals surface area contributed by atoms with Gasteiger partial charge in [0.15, 0.2) is 0 Å². The summed E-state index contributed by atoms with van der Waals surface area (Å²) >= 11 is 0. The number of anilines is 1. The van der Waals surface area contributed by atoms with Gasteiger partial charge in [-0.15, -0.1) is 0 Å². The molecule has 6 heteroatoms. The lowest BCUT2D eigenvalue weighted by Crippen LogP contribution is -2.31. The van der Waals surface area contributed by atoms with Crippen molar-refractivity contribution >= 4 is 15.7 Å². The third kappa shape index (κ3) is 4.64. The second-order valence-corrected chi connectivity index (χ2v) is 6.10. The molecule has 0 fully saturated rings. The molecule has 0 saturated heterocycles. The highest BCUT2D eigenvalue weighted by Gasteiger charge is 2.18. The van der Waals surface area contributed by atoms with E-state index in [0.29, 0.717) is 31.0 Å². The summed E-state index contributed by atoms with van der Waals surface area (Å²) in [5.74, 6) is -0.0410. The van der Waals surface area contributed by atoms with Crippen molar-refractivity contribution in [2.24, 2.45) is 0 Å². The van der Waals surface area contributed by atoms with E-state index in [9.17, 15) is 8.42 Å². The number of hydrogen-bond donors (Lipinski definition) is 1. The lowest BCUT2D eigenvalue weighted by atomic mass is 10.2. The molecule has 0 amide bonds. The van der Waals surface area contributed by atoms with Crippen molar-refractivity contribution in [3.63, 3.8) is 0 Å². The van der Waals surface area contributed by atoms with Crippen LogP contribution >= 0.6 is 0 Å². The molecule has 0 bridgehead atoms.